The highest BCUT2D eigenvalue weighted by Gasteiger charge is 2.36. The lowest BCUT2D eigenvalue weighted by atomic mass is 9.94. The Morgan fingerprint density at radius 1 is 0.329 bits per heavy atom. The highest BCUT2D eigenvalue weighted by molar-refractivity contribution is 6.14. The van der Waals surface area contributed by atoms with Crippen LogP contribution < -0.4 is 0 Å². The minimum atomic E-state index is -4.83. The van der Waals surface area contributed by atoms with Crippen molar-refractivity contribution in [3.8, 4) is 67.0 Å². The third-order valence-electron chi connectivity index (χ3n) is 13.4. The SMILES string of the molecule is [C-]#[N+]c1cc(-n2c3cc(-c4ccccc4)ccc3c3ccc(-c4ccccc4)cc32)c(-n2c3cc(-c4ccccc4)ccc3c3ccc(-c4ccccc4)cc32)cc1-c1c([N+]#[C-])cccc1C(F)(F)F. The number of benzene rings is 10. The van der Waals surface area contributed by atoms with Crippen LogP contribution in [0.15, 0.2) is 224 Å². The molecule has 0 radical (unpaired) electrons. The molecule has 0 atom stereocenters. The average molecular weight is 907 g/mol. The second-order valence-electron chi connectivity index (χ2n) is 17.3. The Hall–Kier alpha value is -9.43. The molecular weight excluding hydrogens is 870 g/mol. The minimum absolute atomic E-state index is 0.0109. The number of rotatable bonds is 7. The van der Waals surface area contributed by atoms with E-state index in [2.05, 4.69) is 140 Å². The van der Waals surface area contributed by atoms with Gasteiger partial charge in [0.15, 0.2) is 11.4 Å². The van der Waals surface area contributed by atoms with Crippen LogP contribution in [0.1, 0.15) is 5.56 Å². The number of alkyl halides is 3. The summed E-state index contributed by atoms with van der Waals surface area (Å²) in [5.74, 6) is 0. The van der Waals surface area contributed by atoms with Gasteiger partial charge >= 0.3 is 6.18 Å². The van der Waals surface area contributed by atoms with Crippen LogP contribution in [0, 0.1) is 13.1 Å². The van der Waals surface area contributed by atoms with Crippen molar-refractivity contribution >= 4 is 55.0 Å². The van der Waals surface area contributed by atoms with Gasteiger partial charge in [-0.2, -0.15) is 13.2 Å². The van der Waals surface area contributed by atoms with Crippen LogP contribution in [-0.2, 0) is 6.18 Å². The van der Waals surface area contributed by atoms with Crippen LogP contribution in [0.4, 0.5) is 24.5 Å². The summed E-state index contributed by atoms with van der Waals surface area (Å²) < 4.78 is 50.2. The fourth-order valence-corrected chi connectivity index (χ4v) is 10.2. The molecule has 330 valence electrons. The molecule has 12 aromatic rings. The Labute approximate surface area is 401 Å². The molecule has 0 unspecified atom stereocenters. The maximum Gasteiger partial charge on any atom is 0.415 e. The standard InChI is InChI=1S/C63H37F3N4/c1-67-54-25-15-24-53(63(64,65)66)62(54)52-38-60(69-56-34-44(40-16-7-3-8-17-40)26-30-48(56)49-31-27-45(35-57(49)69)41-18-9-4-10-19-41)61(39-55(52)68-2)70-58-36-46(42-20-11-5-12-21-42)28-32-50(58)51-33-29-47(37-59(51)70)43-22-13-6-14-23-43/h3-39H. The first-order valence-electron chi connectivity index (χ1n) is 22.8. The third kappa shape index (κ3) is 7.00. The molecular formula is C63H37F3N4. The number of hydrogen-bond acceptors (Lipinski definition) is 0. The summed E-state index contributed by atoms with van der Waals surface area (Å²) in [6, 6.07) is 73.0. The molecule has 0 aliphatic carbocycles. The Kier molecular flexibility index (Phi) is 10.0. The fourth-order valence-electron chi connectivity index (χ4n) is 10.2. The first-order valence-corrected chi connectivity index (χ1v) is 22.8. The molecule has 2 heterocycles. The van der Waals surface area contributed by atoms with Crippen LogP contribution in [0.5, 0.6) is 0 Å². The van der Waals surface area contributed by atoms with Gasteiger partial charge in [-0.3, -0.25) is 0 Å². The number of halogens is 3. The molecule has 2 aromatic heterocycles. The van der Waals surface area contributed by atoms with Crippen LogP contribution in [0.3, 0.4) is 0 Å². The normalized spacial score (nSPS) is 11.6. The maximum atomic E-state index is 15.3. The number of aromatic nitrogens is 2. The maximum absolute atomic E-state index is 15.3. The average Bonchev–Trinajstić information content (AvgIpc) is 3.92. The Balaban J connectivity index is 1.29. The highest BCUT2D eigenvalue weighted by Crippen LogP contribution is 2.50. The van der Waals surface area contributed by atoms with Crippen molar-refractivity contribution in [2.75, 3.05) is 0 Å². The van der Waals surface area contributed by atoms with E-state index in [0.29, 0.717) is 11.4 Å². The molecule has 0 N–H and O–H groups in total. The molecule has 0 spiro atoms. The van der Waals surface area contributed by atoms with Crippen LogP contribution in [0.25, 0.3) is 120 Å². The molecule has 4 nitrogen and oxygen atoms in total. The first-order chi connectivity index (χ1) is 34.3. The second kappa shape index (κ2) is 16.7. The summed E-state index contributed by atoms with van der Waals surface area (Å²) in [5.41, 5.74) is 10.8. The zero-order chi connectivity index (χ0) is 47.5. The van der Waals surface area contributed by atoms with Crippen molar-refractivity contribution in [3.05, 3.63) is 253 Å². The summed E-state index contributed by atoms with van der Waals surface area (Å²) in [6.07, 6.45) is -4.83. The molecule has 10 aromatic carbocycles. The summed E-state index contributed by atoms with van der Waals surface area (Å²) in [5, 5.41) is 3.81. The van der Waals surface area contributed by atoms with E-state index in [1.54, 1.807) is 12.1 Å². The van der Waals surface area contributed by atoms with Crippen molar-refractivity contribution in [1.82, 2.24) is 9.13 Å². The van der Waals surface area contributed by atoms with E-state index < -0.39 is 11.7 Å². The second-order valence-corrected chi connectivity index (χ2v) is 17.3. The van der Waals surface area contributed by atoms with E-state index in [4.69, 9.17) is 13.1 Å². The van der Waals surface area contributed by atoms with Crippen molar-refractivity contribution < 1.29 is 13.2 Å². The zero-order valence-electron chi connectivity index (χ0n) is 37.3. The molecule has 0 saturated heterocycles. The van der Waals surface area contributed by atoms with E-state index in [0.717, 1.165) is 94.2 Å². The van der Waals surface area contributed by atoms with Gasteiger partial charge in [0.05, 0.1) is 52.1 Å². The Morgan fingerprint density at radius 2 is 0.671 bits per heavy atom. The molecule has 0 fully saturated rings. The van der Waals surface area contributed by atoms with Crippen LogP contribution >= 0.6 is 0 Å². The van der Waals surface area contributed by atoms with E-state index in [1.165, 1.54) is 12.1 Å². The Morgan fingerprint density at radius 3 is 1.00 bits per heavy atom. The summed E-state index contributed by atoms with van der Waals surface area (Å²) in [4.78, 5) is 7.66. The quantitative estimate of drug-likeness (QED) is 0.142. The zero-order valence-corrected chi connectivity index (χ0v) is 37.3. The topological polar surface area (TPSA) is 18.6 Å². The molecule has 0 aliphatic rings. The molecule has 0 bridgehead atoms. The lowest BCUT2D eigenvalue weighted by Gasteiger charge is -2.22. The molecule has 12 rings (SSSR count). The van der Waals surface area contributed by atoms with Gasteiger partial charge in [0.2, 0.25) is 0 Å². The van der Waals surface area contributed by atoms with Gasteiger partial charge in [-0.05, 0) is 92.0 Å². The molecule has 0 aliphatic heterocycles. The van der Waals surface area contributed by atoms with Crippen molar-refractivity contribution in [2.24, 2.45) is 0 Å². The molecule has 0 saturated carbocycles. The first kappa shape index (κ1) is 42.0. The van der Waals surface area contributed by atoms with Crippen molar-refractivity contribution in [1.29, 1.82) is 0 Å². The van der Waals surface area contributed by atoms with E-state index in [9.17, 15) is 0 Å². The summed E-state index contributed by atoms with van der Waals surface area (Å²) in [7, 11) is 0. The Bertz CT molecular complexity index is 3910. The number of hydrogen-bond donors (Lipinski definition) is 0. The highest BCUT2D eigenvalue weighted by atomic mass is 19.4. The van der Waals surface area contributed by atoms with Gasteiger partial charge in [0.1, 0.15) is 0 Å². The largest absolute Gasteiger partial charge is 0.415 e. The number of fused-ring (bicyclic) bond motifs is 6. The van der Waals surface area contributed by atoms with Crippen LogP contribution in [0.2, 0.25) is 0 Å². The molecule has 7 heteroatoms. The van der Waals surface area contributed by atoms with Gasteiger partial charge < -0.3 is 9.13 Å². The lowest BCUT2D eigenvalue weighted by Crippen LogP contribution is -2.08. The van der Waals surface area contributed by atoms with Gasteiger partial charge in [-0.1, -0.05) is 188 Å². The number of nitrogens with zero attached hydrogens (tertiary/aromatic N) is 4. The monoisotopic (exact) mass is 906 g/mol. The molecule has 70 heavy (non-hydrogen) atoms. The third-order valence-corrected chi connectivity index (χ3v) is 13.4. The summed E-state index contributed by atoms with van der Waals surface area (Å²) >= 11 is 0. The van der Waals surface area contributed by atoms with E-state index in [1.807, 2.05) is 72.8 Å². The van der Waals surface area contributed by atoms with Crippen LogP contribution in [-0.4, -0.2) is 9.13 Å². The fraction of sp³-hybridized carbons (Fsp3) is 0.0159. The minimum Gasteiger partial charge on any atom is -0.308 e. The molecule has 0 amide bonds. The van der Waals surface area contributed by atoms with Crippen molar-refractivity contribution in [2.45, 2.75) is 6.18 Å². The smallest absolute Gasteiger partial charge is 0.308 e. The predicted molar refractivity (Wildman–Crippen MR) is 280 cm³/mol. The van der Waals surface area contributed by atoms with Gasteiger partial charge in [-0.25, -0.2) is 9.69 Å². The van der Waals surface area contributed by atoms with E-state index >= 15 is 13.2 Å². The van der Waals surface area contributed by atoms with Gasteiger partial charge in [0, 0.05) is 21.5 Å². The van der Waals surface area contributed by atoms with Gasteiger partial charge in [0.25, 0.3) is 0 Å². The summed E-state index contributed by atoms with van der Waals surface area (Å²) in [6.45, 7) is 16.9. The van der Waals surface area contributed by atoms with Crippen molar-refractivity contribution in [3.63, 3.8) is 0 Å². The lowest BCUT2D eigenvalue weighted by molar-refractivity contribution is -0.137. The van der Waals surface area contributed by atoms with E-state index in [-0.39, 0.29) is 22.5 Å². The van der Waals surface area contributed by atoms with Gasteiger partial charge in [-0.15, -0.1) is 0 Å². The predicted octanol–water partition coefficient (Wildman–Crippen LogP) is 18.3.